The number of fused-ring (bicyclic) bond motifs is 1. The average Bonchev–Trinajstić information content (AvgIpc) is 3.26. The van der Waals surface area contributed by atoms with E-state index in [2.05, 4.69) is 44.6 Å². The van der Waals surface area contributed by atoms with Gasteiger partial charge in [-0.05, 0) is 78.7 Å². The molecule has 0 radical (unpaired) electrons. The molecule has 2 N–H and O–H groups in total. The number of carbonyl (C=O) groups is 1. The zero-order valence-electron chi connectivity index (χ0n) is 18.2. The quantitative estimate of drug-likeness (QED) is 0.393. The summed E-state index contributed by atoms with van der Waals surface area (Å²) in [5, 5.41) is 13.8. The predicted octanol–water partition coefficient (Wildman–Crippen LogP) is 6.19. The van der Waals surface area contributed by atoms with E-state index < -0.39 is 18.5 Å². The number of piperidine rings is 1. The van der Waals surface area contributed by atoms with E-state index in [9.17, 15) is 26.3 Å². The fraction of sp³-hybridized carbons (Fsp3) is 0.348. The molecule has 2 heterocycles. The molecule has 3 aromatic rings. The summed E-state index contributed by atoms with van der Waals surface area (Å²) >= 11 is 1.72. The molecule has 5 nitrogen and oxygen atoms in total. The number of anilines is 1. The van der Waals surface area contributed by atoms with E-state index in [4.69, 9.17) is 9.90 Å². The molecule has 0 bridgehead atoms. The standard InChI is InChI=1S/C21H21F3N2OS.C2HF3O2/c22-21(23,24)27-19-4-1-15(2-5-19)14-26(17-7-10-25-11-8-17)18-3-6-20-16(13-18)9-12-28-20;3-2(4,5)1(6)7/h1-6,9,12-13,17,25H,7-8,10-11,14H2;(H,6,7). The van der Waals surface area contributed by atoms with E-state index in [0.29, 0.717) is 12.6 Å². The highest BCUT2D eigenvalue weighted by Gasteiger charge is 2.38. The van der Waals surface area contributed by atoms with Crippen molar-refractivity contribution in [1.29, 1.82) is 0 Å². The molecule has 1 aliphatic rings. The maximum atomic E-state index is 12.4. The lowest BCUT2D eigenvalue weighted by molar-refractivity contribution is -0.274. The number of benzene rings is 2. The highest BCUT2D eigenvalue weighted by molar-refractivity contribution is 7.17. The molecular formula is C23H22F6N2O3S. The Morgan fingerprint density at radius 2 is 1.66 bits per heavy atom. The summed E-state index contributed by atoms with van der Waals surface area (Å²) in [6, 6.07) is 15.2. The zero-order valence-corrected chi connectivity index (χ0v) is 19.0. The Morgan fingerprint density at radius 3 is 2.23 bits per heavy atom. The second-order valence-electron chi connectivity index (χ2n) is 7.75. The van der Waals surface area contributed by atoms with E-state index in [1.807, 2.05) is 0 Å². The van der Waals surface area contributed by atoms with Crippen LogP contribution < -0.4 is 15.0 Å². The first-order valence-electron chi connectivity index (χ1n) is 10.5. The first kappa shape index (κ1) is 26.6. The van der Waals surface area contributed by atoms with Crippen LogP contribution in [-0.2, 0) is 11.3 Å². The molecule has 1 fully saturated rings. The lowest BCUT2D eigenvalue weighted by atomic mass is 10.0. The third-order valence-electron chi connectivity index (χ3n) is 5.27. The molecule has 12 heteroatoms. The molecule has 0 spiro atoms. The van der Waals surface area contributed by atoms with E-state index in [1.54, 1.807) is 23.5 Å². The minimum Gasteiger partial charge on any atom is -0.475 e. The Bertz CT molecular complexity index is 1110. The smallest absolute Gasteiger partial charge is 0.475 e. The number of nitrogens with zero attached hydrogens (tertiary/aromatic N) is 1. The minimum atomic E-state index is -5.08. The molecule has 35 heavy (non-hydrogen) atoms. The Kier molecular flexibility index (Phi) is 8.49. The van der Waals surface area contributed by atoms with Crippen molar-refractivity contribution >= 4 is 33.1 Å². The van der Waals surface area contributed by atoms with Crippen molar-refractivity contribution in [3.63, 3.8) is 0 Å². The molecule has 0 saturated carbocycles. The van der Waals surface area contributed by atoms with Crippen molar-refractivity contribution in [2.24, 2.45) is 0 Å². The van der Waals surface area contributed by atoms with Gasteiger partial charge >= 0.3 is 18.5 Å². The molecule has 1 aliphatic heterocycles. The Balaban J connectivity index is 0.000000429. The number of aliphatic carboxylic acids is 1. The van der Waals surface area contributed by atoms with Crippen molar-refractivity contribution in [2.45, 2.75) is 38.0 Å². The van der Waals surface area contributed by atoms with Crippen LogP contribution in [0.1, 0.15) is 18.4 Å². The Morgan fingerprint density at radius 1 is 1.03 bits per heavy atom. The van der Waals surface area contributed by atoms with E-state index >= 15 is 0 Å². The summed E-state index contributed by atoms with van der Waals surface area (Å²) in [7, 11) is 0. The molecule has 0 amide bonds. The molecule has 0 atom stereocenters. The number of nitrogens with one attached hydrogen (secondary N) is 1. The van der Waals surface area contributed by atoms with Crippen LogP contribution in [0.2, 0.25) is 0 Å². The molecule has 190 valence electrons. The molecular weight excluding hydrogens is 498 g/mol. The first-order valence-corrected chi connectivity index (χ1v) is 11.4. The van der Waals surface area contributed by atoms with Gasteiger partial charge < -0.3 is 20.1 Å². The molecule has 2 aromatic carbocycles. The molecule has 0 unspecified atom stereocenters. The zero-order chi connectivity index (χ0) is 25.6. The number of carboxylic acids is 1. The van der Waals surface area contributed by atoms with E-state index in [1.165, 1.54) is 22.2 Å². The van der Waals surface area contributed by atoms with Crippen molar-refractivity contribution < 1.29 is 41.0 Å². The van der Waals surface area contributed by atoms with Crippen LogP contribution in [0.3, 0.4) is 0 Å². The van der Waals surface area contributed by atoms with Crippen LogP contribution in [0, 0.1) is 0 Å². The van der Waals surface area contributed by atoms with Gasteiger partial charge in [-0.25, -0.2) is 4.79 Å². The number of carboxylic acid groups (broad SMARTS) is 1. The van der Waals surface area contributed by atoms with Crippen LogP contribution in [-0.4, -0.2) is 42.7 Å². The first-order chi connectivity index (χ1) is 16.4. The fourth-order valence-electron chi connectivity index (χ4n) is 3.68. The van der Waals surface area contributed by atoms with Crippen LogP contribution in [0.4, 0.5) is 32.0 Å². The van der Waals surface area contributed by atoms with Crippen LogP contribution >= 0.6 is 11.3 Å². The number of hydrogen-bond acceptors (Lipinski definition) is 5. The van der Waals surface area contributed by atoms with Crippen LogP contribution in [0.5, 0.6) is 5.75 Å². The summed E-state index contributed by atoms with van der Waals surface area (Å²) in [6.07, 6.45) is -7.67. The van der Waals surface area contributed by atoms with Crippen molar-refractivity contribution in [3.05, 3.63) is 59.5 Å². The number of thiophene rings is 1. The summed E-state index contributed by atoms with van der Waals surface area (Å²) in [4.78, 5) is 11.3. The summed E-state index contributed by atoms with van der Waals surface area (Å²) in [5.74, 6) is -2.95. The number of ether oxygens (including phenoxy) is 1. The van der Waals surface area contributed by atoms with Crippen LogP contribution in [0.25, 0.3) is 10.1 Å². The van der Waals surface area contributed by atoms with E-state index in [-0.39, 0.29) is 5.75 Å². The van der Waals surface area contributed by atoms with Gasteiger partial charge in [0, 0.05) is 23.0 Å². The SMILES string of the molecule is FC(F)(F)Oc1ccc(CN(c2ccc3sccc3c2)C2CCNCC2)cc1.O=C(O)C(F)(F)F. The Hall–Kier alpha value is -2.99. The Labute approximate surface area is 200 Å². The van der Waals surface area contributed by atoms with E-state index in [0.717, 1.165) is 37.2 Å². The highest BCUT2D eigenvalue weighted by atomic mass is 32.1. The van der Waals surface area contributed by atoms with Crippen molar-refractivity contribution in [2.75, 3.05) is 18.0 Å². The topological polar surface area (TPSA) is 61.8 Å². The summed E-state index contributed by atoms with van der Waals surface area (Å²) < 4.78 is 74.1. The fourth-order valence-corrected chi connectivity index (χ4v) is 4.45. The van der Waals surface area contributed by atoms with Crippen molar-refractivity contribution in [1.82, 2.24) is 5.32 Å². The maximum absolute atomic E-state index is 12.4. The third-order valence-corrected chi connectivity index (χ3v) is 6.17. The number of hydrogen-bond donors (Lipinski definition) is 2. The summed E-state index contributed by atoms with van der Waals surface area (Å²) in [5.41, 5.74) is 2.10. The third kappa shape index (κ3) is 8.03. The van der Waals surface area contributed by atoms with Crippen molar-refractivity contribution in [3.8, 4) is 5.75 Å². The summed E-state index contributed by atoms with van der Waals surface area (Å²) in [6.45, 7) is 2.59. The van der Waals surface area contributed by atoms with Crippen LogP contribution in [0.15, 0.2) is 53.9 Å². The highest BCUT2D eigenvalue weighted by Crippen LogP contribution is 2.31. The molecule has 1 aromatic heterocycles. The predicted molar refractivity (Wildman–Crippen MR) is 121 cm³/mol. The minimum absolute atomic E-state index is 0.190. The van der Waals surface area contributed by atoms with Gasteiger partial charge in [0.05, 0.1) is 0 Å². The van der Waals surface area contributed by atoms with Gasteiger partial charge in [0.25, 0.3) is 0 Å². The molecule has 0 aliphatic carbocycles. The van der Waals surface area contributed by atoms with Gasteiger partial charge in [-0.15, -0.1) is 24.5 Å². The number of halogens is 6. The normalized spacial score (nSPS) is 14.8. The monoisotopic (exact) mass is 520 g/mol. The molecule has 1 saturated heterocycles. The number of rotatable bonds is 5. The second kappa shape index (κ2) is 11.2. The van der Waals surface area contributed by atoms with Gasteiger partial charge in [0.2, 0.25) is 0 Å². The van der Waals surface area contributed by atoms with Gasteiger partial charge in [0.1, 0.15) is 5.75 Å². The second-order valence-corrected chi connectivity index (χ2v) is 8.69. The maximum Gasteiger partial charge on any atom is 0.573 e. The lowest BCUT2D eigenvalue weighted by Gasteiger charge is -2.36. The van der Waals surface area contributed by atoms with Gasteiger partial charge in [0.15, 0.2) is 0 Å². The molecule has 4 rings (SSSR count). The largest absolute Gasteiger partial charge is 0.573 e. The number of alkyl halides is 6. The van der Waals surface area contributed by atoms with Gasteiger partial charge in [-0.2, -0.15) is 13.2 Å². The lowest BCUT2D eigenvalue weighted by Crippen LogP contribution is -2.43. The van der Waals surface area contributed by atoms with Gasteiger partial charge in [-0.3, -0.25) is 0 Å². The van der Waals surface area contributed by atoms with Gasteiger partial charge in [-0.1, -0.05) is 12.1 Å². The average molecular weight is 520 g/mol.